The highest BCUT2D eigenvalue weighted by molar-refractivity contribution is 6.07. The zero-order valence-corrected chi connectivity index (χ0v) is 20.3. The van der Waals surface area contributed by atoms with Gasteiger partial charge in [0.15, 0.2) is 0 Å². The zero-order chi connectivity index (χ0) is 25.5. The molecule has 1 atom stereocenters. The molecular weight excluding hydrogens is 458 g/mol. The maximum absolute atomic E-state index is 13.0. The fourth-order valence-corrected chi connectivity index (χ4v) is 4.07. The van der Waals surface area contributed by atoms with Crippen LogP contribution in [0.4, 0.5) is 11.4 Å². The van der Waals surface area contributed by atoms with Crippen LogP contribution in [0.15, 0.2) is 72.8 Å². The molecule has 0 spiro atoms. The number of nitrogens with zero attached hydrogens (tertiary/aromatic N) is 1. The van der Waals surface area contributed by atoms with Crippen molar-refractivity contribution in [2.45, 2.75) is 19.9 Å². The van der Waals surface area contributed by atoms with Crippen LogP contribution in [-0.2, 0) is 16.1 Å². The second-order valence-electron chi connectivity index (χ2n) is 8.40. The van der Waals surface area contributed by atoms with Gasteiger partial charge in [-0.2, -0.15) is 0 Å². The lowest BCUT2D eigenvalue weighted by atomic mass is 10.1. The number of anilines is 2. The molecule has 1 aliphatic heterocycles. The Labute approximate surface area is 210 Å². The average Bonchev–Trinajstić information content (AvgIpc) is 3.30. The number of benzene rings is 3. The minimum absolute atomic E-state index is 0.101. The molecule has 0 bridgehead atoms. The van der Waals surface area contributed by atoms with E-state index in [4.69, 9.17) is 9.47 Å². The summed E-state index contributed by atoms with van der Waals surface area (Å²) in [6.07, 6.45) is 0.101. The van der Waals surface area contributed by atoms with Crippen molar-refractivity contribution in [3.63, 3.8) is 0 Å². The Hall–Kier alpha value is -4.33. The molecule has 4 rings (SSSR count). The number of amides is 3. The number of hydrogen-bond donors (Lipinski definition) is 2. The molecule has 0 unspecified atom stereocenters. The number of methoxy groups -OCH3 is 1. The van der Waals surface area contributed by atoms with Crippen LogP contribution in [0.3, 0.4) is 0 Å². The van der Waals surface area contributed by atoms with Gasteiger partial charge in [-0.15, -0.1) is 0 Å². The van der Waals surface area contributed by atoms with Gasteiger partial charge >= 0.3 is 0 Å². The summed E-state index contributed by atoms with van der Waals surface area (Å²) in [5, 5.41) is 5.74. The summed E-state index contributed by atoms with van der Waals surface area (Å²) >= 11 is 0. The van der Waals surface area contributed by atoms with Crippen LogP contribution in [0.2, 0.25) is 0 Å². The van der Waals surface area contributed by atoms with E-state index in [0.717, 1.165) is 11.3 Å². The molecule has 36 heavy (non-hydrogen) atoms. The first kappa shape index (κ1) is 24.8. The molecule has 3 aromatic carbocycles. The predicted octanol–water partition coefficient (Wildman–Crippen LogP) is 4.02. The van der Waals surface area contributed by atoms with Gasteiger partial charge in [0.1, 0.15) is 11.5 Å². The highest BCUT2D eigenvalue weighted by Crippen LogP contribution is 2.28. The molecule has 0 aromatic heterocycles. The van der Waals surface area contributed by atoms with E-state index in [9.17, 15) is 14.4 Å². The van der Waals surface area contributed by atoms with E-state index in [1.165, 1.54) is 0 Å². The quantitative estimate of drug-likeness (QED) is 0.475. The Balaban J connectivity index is 1.38. The number of carbonyl (C=O) groups excluding carboxylic acids is 3. The summed E-state index contributed by atoms with van der Waals surface area (Å²) in [7, 11) is 1.58. The standard InChI is InChI=1S/C28H29N3O5/c1-3-36-23-12-8-19(9-13-23)17-29-28(34)24-6-4-5-7-25(24)30-27(33)20-16-26(32)31(18-20)21-10-14-22(35-2)15-11-21/h4-15,20H,3,16-18H2,1-2H3,(H,29,34)(H,30,33)/t20-/m1/s1. The fraction of sp³-hybridized carbons (Fsp3) is 0.250. The first-order valence-electron chi connectivity index (χ1n) is 11.8. The van der Waals surface area contributed by atoms with Gasteiger partial charge in [0.25, 0.3) is 5.91 Å². The molecule has 3 aromatic rings. The minimum atomic E-state index is -0.528. The van der Waals surface area contributed by atoms with Crippen molar-refractivity contribution in [3.8, 4) is 11.5 Å². The summed E-state index contributed by atoms with van der Waals surface area (Å²) in [6.45, 7) is 3.11. The van der Waals surface area contributed by atoms with Crippen LogP contribution in [0, 0.1) is 5.92 Å². The van der Waals surface area contributed by atoms with Crippen molar-refractivity contribution in [1.82, 2.24) is 5.32 Å². The molecule has 186 valence electrons. The third-order valence-electron chi connectivity index (χ3n) is 6.00. The molecule has 1 saturated heterocycles. The molecule has 0 saturated carbocycles. The van der Waals surface area contributed by atoms with Crippen LogP contribution in [0.25, 0.3) is 0 Å². The highest BCUT2D eigenvalue weighted by Gasteiger charge is 2.35. The lowest BCUT2D eigenvalue weighted by Gasteiger charge is -2.17. The Morgan fingerprint density at radius 3 is 2.36 bits per heavy atom. The first-order chi connectivity index (χ1) is 17.5. The summed E-state index contributed by atoms with van der Waals surface area (Å²) in [4.78, 5) is 40.1. The molecule has 0 radical (unpaired) electrons. The van der Waals surface area contributed by atoms with Gasteiger partial charge in [-0.1, -0.05) is 24.3 Å². The number of ether oxygens (including phenoxy) is 2. The zero-order valence-electron chi connectivity index (χ0n) is 20.3. The Kier molecular flexibility index (Phi) is 7.85. The molecule has 3 amide bonds. The van der Waals surface area contributed by atoms with Crippen LogP contribution < -0.4 is 25.0 Å². The summed E-state index contributed by atoms with van der Waals surface area (Å²) in [5.41, 5.74) is 2.40. The van der Waals surface area contributed by atoms with E-state index >= 15 is 0 Å². The van der Waals surface area contributed by atoms with E-state index in [2.05, 4.69) is 10.6 Å². The van der Waals surface area contributed by atoms with Gasteiger partial charge in [-0.05, 0) is 61.0 Å². The van der Waals surface area contributed by atoms with Gasteiger partial charge in [0, 0.05) is 25.2 Å². The highest BCUT2D eigenvalue weighted by atomic mass is 16.5. The SMILES string of the molecule is CCOc1ccc(CNC(=O)c2ccccc2NC(=O)[C@@H]2CC(=O)N(c3ccc(OC)cc3)C2)cc1. The molecule has 2 N–H and O–H groups in total. The summed E-state index contributed by atoms with van der Waals surface area (Å²) in [5.74, 6) is 0.211. The number of hydrogen-bond acceptors (Lipinski definition) is 5. The number of nitrogens with one attached hydrogen (secondary N) is 2. The smallest absolute Gasteiger partial charge is 0.253 e. The van der Waals surface area contributed by atoms with Crippen LogP contribution in [0.1, 0.15) is 29.3 Å². The normalized spacial score (nSPS) is 14.9. The maximum Gasteiger partial charge on any atom is 0.253 e. The third kappa shape index (κ3) is 5.83. The van der Waals surface area contributed by atoms with E-state index in [1.54, 1.807) is 60.5 Å². The van der Waals surface area contributed by atoms with Crippen molar-refractivity contribution < 1.29 is 23.9 Å². The largest absolute Gasteiger partial charge is 0.497 e. The number of rotatable bonds is 9. The van der Waals surface area contributed by atoms with Crippen LogP contribution in [0.5, 0.6) is 11.5 Å². The van der Waals surface area contributed by atoms with Crippen molar-refractivity contribution in [1.29, 1.82) is 0 Å². The molecular formula is C28H29N3O5. The molecule has 8 heteroatoms. The van der Waals surface area contributed by atoms with E-state index in [-0.39, 0.29) is 30.7 Å². The lowest BCUT2D eigenvalue weighted by molar-refractivity contribution is -0.122. The fourth-order valence-electron chi connectivity index (χ4n) is 4.07. The second kappa shape index (κ2) is 11.4. The Bertz CT molecular complexity index is 1220. The third-order valence-corrected chi connectivity index (χ3v) is 6.00. The Morgan fingerprint density at radius 1 is 0.972 bits per heavy atom. The van der Waals surface area contributed by atoms with E-state index in [1.807, 2.05) is 31.2 Å². The second-order valence-corrected chi connectivity index (χ2v) is 8.40. The van der Waals surface area contributed by atoms with Crippen LogP contribution >= 0.6 is 0 Å². The van der Waals surface area contributed by atoms with Crippen molar-refractivity contribution >= 4 is 29.1 Å². The van der Waals surface area contributed by atoms with Crippen LogP contribution in [-0.4, -0.2) is 38.0 Å². The lowest BCUT2D eigenvalue weighted by Crippen LogP contribution is -2.29. The monoisotopic (exact) mass is 487 g/mol. The molecule has 1 aliphatic rings. The summed E-state index contributed by atoms with van der Waals surface area (Å²) in [6, 6.07) is 21.5. The predicted molar refractivity (Wildman–Crippen MR) is 137 cm³/mol. The number of para-hydroxylation sites is 1. The molecule has 8 nitrogen and oxygen atoms in total. The Morgan fingerprint density at radius 2 is 1.67 bits per heavy atom. The molecule has 1 heterocycles. The first-order valence-corrected chi connectivity index (χ1v) is 11.8. The maximum atomic E-state index is 13.0. The van der Waals surface area contributed by atoms with E-state index in [0.29, 0.717) is 35.8 Å². The molecule has 0 aliphatic carbocycles. The van der Waals surface area contributed by atoms with Gasteiger partial charge in [0.05, 0.1) is 30.9 Å². The van der Waals surface area contributed by atoms with Crippen molar-refractivity contribution in [3.05, 3.63) is 83.9 Å². The number of carbonyl (C=O) groups is 3. The van der Waals surface area contributed by atoms with E-state index < -0.39 is 5.92 Å². The topological polar surface area (TPSA) is 97.0 Å². The van der Waals surface area contributed by atoms with Crippen molar-refractivity contribution in [2.75, 3.05) is 30.5 Å². The van der Waals surface area contributed by atoms with Gasteiger partial charge in [-0.25, -0.2) is 0 Å². The van der Waals surface area contributed by atoms with Crippen molar-refractivity contribution in [2.24, 2.45) is 5.92 Å². The van der Waals surface area contributed by atoms with Gasteiger partial charge in [-0.3, -0.25) is 14.4 Å². The molecule has 1 fully saturated rings. The van der Waals surface area contributed by atoms with Gasteiger partial charge in [0.2, 0.25) is 11.8 Å². The van der Waals surface area contributed by atoms with Gasteiger partial charge < -0.3 is 25.0 Å². The average molecular weight is 488 g/mol. The minimum Gasteiger partial charge on any atom is -0.497 e. The summed E-state index contributed by atoms with van der Waals surface area (Å²) < 4.78 is 10.6.